The maximum absolute atomic E-state index is 14.4. The van der Waals surface area contributed by atoms with Gasteiger partial charge < -0.3 is 5.32 Å². The Morgan fingerprint density at radius 1 is 1.00 bits per heavy atom. The van der Waals surface area contributed by atoms with Crippen molar-refractivity contribution in [3.05, 3.63) is 69.8 Å². The zero-order valence-electron chi connectivity index (χ0n) is 12.9. The topological polar surface area (TPSA) is 12.0 Å². The van der Waals surface area contributed by atoms with Gasteiger partial charge in [0.25, 0.3) is 0 Å². The molecular weight excluding hydrogens is 268 g/mol. The summed E-state index contributed by atoms with van der Waals surface area (Å²) in [6.07, 6.45) is 0. The first kappa shape index (κ1) is 15.6. The molecule has 3 heteroatoms. The van der Waals surface area contributed by atoms with Gasteiger partial charge in [-0.25, -0.2) is 8.78 Å². The normalized spacial score (nSPS) is 12.5. The van der Waals surface area contributed by atoms with E-state index < -0.39 is 17.7 Å². The van der Waals surface area contributed by atoms with Gasteiger partial charge in [-0.3, -0.25) is 0 Å². The van der Waals surface area contributed by atoms with Crippen LogP contribution in [0.4, 0.5) is 8.78 Å². The Labute approximate surface area is 125 Å². The highest BCUT2D eigenvalue weighted by molar-refractivity contribution is 5.39. The molecule has 0 aliphatic carbocycles. The van der Waals surface area contributed by atoms with E-state index in [-0.39, 0.29) is 5.56 Å². The molecule has 0 spiro atoms. The molecule has 1 unspecified atom stereocenters. The van der Waals surface area contributed by atoms with E-state index in [1.807, 2.05) is 32.9 Å². The van der Waals surface area contributed by atoms with Crippen LogP contribution < -0.4 is 5.32 Å². The van der Waals surface area contributed by atoms with Crippen LogP contribution in [0.15, 0.2) is 30.3 Å². The lowest BCUT2D eigenvalue weighted by Crippen LogP contribution is -2.24. The van der Waals surface area contributed by atoms with Crippen molar-refractivity contribution >= 4 is 0 Å². The fraction of sp³-hybridized carbons (Fsp3) is 0.333. The lowest BCUT2D eigenvalue weighted by atomic mass is 9.93. The van der Waals surface area contributed by atoms with E-state index >= 15 is 0 Å². The van der Waals surface area contributed by atoms with Crippen molar-refractivity contribution in [2.75, 3.05) is 6.54 Å². The zero-order chi connectivity index (χ0) is 15.6. The molecule has 0 amide bonds. The number of benzene rings is 2. The molecule has 2 aromatic rings. The van der Waals surface area contributed by atoms with Crippen molar-refractivity contribution in [2.24, 2.45) is 0 Å². The molecule has 0 aromatic heterocycles. The highest BCUT2D eigenvalue weighted by atomic mass is 19.1. The molecule has 2 aromatic carbocycles. The molecule has 1 N–H and O–H groups in total. The summed E-state index contributed by atoms with van der Waals surface area (Å²) in [6.45, 7) is 8.19. The number of hydrogen-bond acceptors (Lipinski definition) is 1. The highest BCUT2D eigenvalue weighted by Crippen LogP contribution is 2.29. The van der Waals surface area contributed by atoms with Crippen LogP contribution in [-0.2, 0) is 0 Å². The highest BCUT2D eigenvalue weighted by Gasteiger charge is 2.22. The summed E-state index contributed by atoms with van der Waals surface area (Å²) in [6, 6.07) is 8.33. The van der Waals surface area contributed by atoms with Crippen molar-refractivity contribution < 1.29 is 8.78 Å². The van der Waals surface area contributed by atoms with Crippen molar-refractivity contribution in [3.8, 4) is 0 Å². The van der Waals surface area contributed by atoms with Gasteiger partial charge in [-0.1, -0.05) is 42.3 Å². The standard InChI is InChI=1S/C18H21F2N/c1-5-21-18(14-9-11(2)8-12(3)10-14)16-15(19)7-6-13(4)17(16)20/h6-10,18,21H,5H2,1-4H3. The summed E-state index contributed by atoms with van der Waals surface area (Å²) in [5.74, 6) is -0.983. The minimum Gasteiger partial charge on any atom is -0.306 e. The maximum atomic E-state index is 14.4. The summed E-state index contributed by atoms with van der Waals surface area (Å²) in [7, 11) is 0. The Morgan fingerprint density at radius 2 is 1.62 bits per heavy atom. The average Bonchev–Trinajstić information content (AvgIpc) is 2.41. The van der Waals surface area contributed by atoms with Gasteiger partial charge in [0, 0.05) is 5.56 Å². The molecule has 0 saturated heterocycles. The monoisotopic (exact) mass is 289 g/mol. The van der Waals surface area contributed by atoms with Crippen LogP contribution in [0.3, 0.4) is 0 Å². The number of rotatable bonds is 4. The lowest BCUT2D eigenvalue weighted by Gasteiger charge is -2.22. The van der Waals surface area contributed by atoms with Gasteiger partial charge in [-0.2, -0.15) is 0 Å². The first-order chi connectivity index (χ1) is 9.93. The van der Waals surface area contributed by atoms with Crippen LogP contribution >= 0.6 is 0 Å². The van der Waals surface area contributed by atoms with E-state index in [4.69, 9.17) is 0 Å². The SMILES string of the molecule is CCNC(c1cc(C)cc(C)c1)c1c(F)ccc(C)c1F. The molecule has 112 valence electrons. The Kier molecular flexibility index (Phi) is 4.73. The number of hydrogen-bond donors (Lipinski definition) is 1. The number of aryl methyl sites for hydroxylation is 3. The molecule has 0 saturated carbocycles. The van der Waals surface area contributed by atoms with Gasteiger partial charge in [0.05, 0.1) is 6.04 Å². The van der Waals surface area contributed by atoms with Gasteiger partial charge in [0.1, 0.15) is 11.6 Å². The minimum atomic E-state index is -0.511. The third kappa shape index (κ3) is 3.30. The van der Waals surface area contributed by atoms with Gasteiger partial charge in [-0.15, -0.1) is 0 Å². The fourth-order valence-corrected chi connectivity index (χ4v) is 2.71. The van der Waals surface area contributed by atoms with Crippen molar-refractivity contribution in [1.29, 1.82) is 0 Å². The van der Waals surface area contributed by atoms with E-state index in [1.54, 1.807) is 6.92 Å². The van der Waals surface area contributed by atoms with E-state index in [9.17, 15) is 8.78 Å². The Balaban J connectivity index is 2.61. The number of nitrogens with one attached hydrogen (secondary N) is 1. The zero-order valence-corrected chi connectivity index (χ0v) is 12.9. The summed E-state index contributed by atoms with van der Waals surface area (Å²) in [5.41, 5.74) is 3.61. The fourth-order valence-electron chi connectivity index (χ4n) is 2.71. The molecule has 0 radical (unpaired) electrons. The maximum Gasteiger partial charge on any atom is 0.134 e. The Morgan fingerprint density at radius 3 is 2.19 bits per heavy atom. The molecule has 0 heterocycles. The molecule has 0 bridgehead atoms. The number of halogens is 2. The van der Waals surface area contributed by atoms with Crippen LogP contribution in [0.1, 0.15) is 40.8 Å². The van der Waals surface area contributed by atoms with Crippen LogP contribution in [0.25, 0.3) is 0 Å². The van der Waals surface area contributed by atoms with Crippen LogP contribution in [-0.4, -0.2) is 6.54 Å². The predicted octanol–water partition coefficient (Wildman–Crippen LogP) is 4.59. The first-order valence-electron chi connectivity index (χ1n) is 7.20. The molecule has 1 atom stereocenters. The predicted molar refractivity (Wildman–Crippen MR) is 82.5 cm³/mol. The molecule has 0 aliphatic heterocycles. The average molecular weight is 289 g/mol. The van der Waals surface area contributed by atoms with Crippen LogP contribution in [0.2, 0.25) is 0 Å². The molecule has 1 nitrogen and oxygen atoms in total. The molecule has 0 fully saturated rings. The second kappa shape index (κ2) is 6.35. The molecule has 21 heavy (non-hydrogen) atoms. The second-order valence-corrected chi connectivity index (χ2v) is 5.50. The van der Waals surface area contributed by atoms with Crippen LogP contribution in [0.5, 0.6) is 0 Å². The van der Waals surface area contributed by atoms with Crippen LogP contribution in [0, 0.1) is 32.4 Å². The van der Waals surface area contributed by atoms with Crippen molar-refractivity contribution in [1.82, 2.24) is 5.32 Å². The van der Waals surface area contributed by atoms with E-state index in [0.717, 1.165) is 16.7 Å². The third-order valence-corrected chi connectivity index (χ3v) is 3.59. The van der Waals surface area contributed by atoms with E-state index in [2.05, 4.69) is 11.4 Å². The van der Waals surface area contributed by atoms with Gasteiger partial charge in [-0.05, 0) is 44.5 Å². The van der Waals surface area contributed by atoms with E-state index in [1.165, 1.54) is 12.1 Å². The molecule has 0 aliphatic rings. The van der Waals surface area contributed by atoms with Crippen molar-refractivity contribution in [3.63, 3.8) is 0 Å². The summed E-state index contributed by atoms with van der Waals surface area (Å²) >= 11 is 0. The largest absolute Gasteiger partial charge is 0.306 e. The van der Waals surface area contributed by atoms with Gasteiger partial charge >= 0.3 is 0 Å². The van der Waals surface area contributed by atoms with Gasteiger partial charge in [0.15, 0.2) is 0 Å². The summed E-state index contributed by atoms with van der Waals surface area (Å²) in [5, 5.41) is 3.20. The lowest BCUT2D eigenvalue weighted by molar-refractivity contribution is 0.506. The van der Waals surface area contributed by atoms with Crippen molar-refractivity contribution in [2.45, 2.75) is 33.7 Å². The second-order valence-electron chi connectivity index (χ2n) is 5.50. The smallest absolute Gasteiger partial charge is 0.134 e. The third-order valence-electron chi connectivity index (χ3n) is 3.59. The molecule has 2 rings (SSSR count). The minimum absolute atomic E-state index is 0.0989. The quantitative estimate of drug-likeness (QED) is 0.868. The summed E-state index contributed by atoms with van der Waals surface area (Å²) in [4.78, 5) is 0. The van der Waals surface area contributed by atoms with E-state index in [0.29, 0.717) is 12.1 Å². The first-order valence-corrected chi connectivity index (χ1v) is 7.20. The molecular formula is C18H21F2N. The van der Waals surface area contributed by atoms with Gasteiger partial charge in [0.2, 0.25) is 0 Å². The Bertz CT molecular complexity index is 630. The summed E-state index contributed by atoms with van der Waals surface area (Å²) < 4.78 is 28.7. The Hall–Kier alpha value is -1.74.